The summed E-state index contributed by atoms with van der Waals surface area (Å²) in [6.45, 7) is 0.137. The molecule has 7 nitrogen and oxygen atoms in total. The van der Waals surface area contributed by atoms with Crippen molar-refractivity contribution >= 4 is 43.1 Å². The number of nitriles is 1. The number of benzene rings is 5. The maximum atomic E-state index is 16.0. The van der Waals surface area contributed by atoms with Crippen LogP contribution in [0, 0.1) is 17.1 Å². The summed E-state index contributed by atoms with van der Waals surface area (Å²) in [5, 5.41) is 27.8. The van der Waals surface area contributed by atoms with Crippen molar-refractivity contribution in [2.45, 2.75) is 6.54 Å². The molecule has 7 rings (SSSR count). The summed E-state index contributed by atoms with van der Waals surface area (Å²) in [5.74, 6) is -0.518. The molecule has 5 aromatic carbocycles. The number of nitrogens with zero attached hydrogens (tertiary/aromatic N) is 4. The van der Waals surface area contributed by atoms with Gasteiger partial charge in [0.25, 0.3) is 5.56 Å². The van der Waals surface area contributed by atoms with Crippen LogP contribution in [0.3, 0.4) is 0 Å². The highest BCUT2D eigenvalue weighted by Crippen LogP contribution is 2.40. The second-order valence-electron chi connectivity index (χ2n) is 9.83. The quantitative estimate of drug-likeness (QED) is 0.279. The molecule has 2 aromatic heterocycles. The number of halogens is 1. The number of rotatable bonds is 3. The second kappa shape index (κ2) is 8.83. The average Bonchev–Trinajstić information content (AvgIpc) is 3.35. The Morgan fingerprint density at radius 3 is 2.38 bits per heavy atom. The lowest BCUT2D eigenvalue weighted by Crippen LogP contribution is -2.13. The lowest BCUT2D eigenvalue weighted by Gasteiger charge is -2.14. The molecule has 0 fully saturated rings. The molecule has 0 aliphatic heterocycles. The van der Waals surface area contributed by atoms with Crippen LogP contribution >= 0.6 is 0 Å². The van der Waals surface area contributed by atoms with Gasteiger partial charge in [-0.2, -0.15) is 15.5 Å². The number of hydrogen-bond acceptors (Lipinski definition) is 5. The normalized spacial score (nSPS) is 11.6. The predicted molar refractivity (Wildman–Crippen MR) is 155 cm³/mol. The maximum absolute atomic E-state index is 16.0. The van der Waals surface area contributed by atoms with Crippen molar-refractivity contribution in [3.8, 4) is 28.5 Å². The first kappa shape index (κ1) is 23.7. The molecule has 2 heterocycles. The first-order valence-electron chi connectivity index (χ1n) is 12.7. The first-order chi connectivity index (χ1) is 19.5. The summed E-state index contributed by atoms with van der Waals surface area (Å²) < 4.78 is 17.6. The van der Waals surface area contributed by atoms with E-state index >= 15 is 4.39 Å². The molecule has 0 bridgehead atoms. The van der Waals surface area contributed by atoms with Gasteiger partial charge in [0.15, 0.2) is 0 Å². The summed E-state index contributed by atoms with van der Waals surface area (Å²) >= 11 is 0. The fourth-order valence-corrected chi connectivity index (χ4v) is 5.64. The van der Waals surface area contributed by atoms with E-state index in [1.807, 2.05) is 42.5 Å². The van der Waals surface area contributed by atoms with Crippen molar-refractivity contribution in [3.63, 3.8) is 0 Å². The summed E-state index contributed by atoms with van der Waals surface area (Å²) in [7, 11) is 1.72. The summed E-state index contributed by atoms with van der Waals surface area (Å²) in [4.78, 5) is 12.3. The smallest absolute Gasteiger partial charge is 0.272 e. The van der Waals surface area contributed by atoms with Crippen molar-refractivity contribution < 1.29 is 4.39 Å². The van der Waals surface area contributed by atoms with Crippen LogP contribution in [0.1, 0.15) is 11.3 Å². The zero-order valence-electron chi connectivity index (χ0n) is 21.4. The second-order valence-corrected chi connectivity index (χ2v) is 9.83. The van der Waals surface area contributed by atoms with Gasteiger partial charge in [0, 0.05) is 29.9 Å². The van der Waals surface area contributed by atoms with E-state index in [1.54, 1.807) is 30.1 Å². The minimum atomic E-state index is -0.518. The molecular weight excluding hydrogens is 503 g/mol. The molecule has 40 heavy (non-hydrogen) atoms. The topological polar surface area (TPSA) is 113 Å². The zero-order chi connectivity index (χ0) is 27.5. The third-order valence-electron chi connectivity index (χ3n) is 7.57. The Hall–Kier alpha value is -5.39. The maximum Gasteiger partial charge on any atom is 0.272 e. The molecule has 0 unspecified atom stereocenters. The number of nitrogens with two attached hydrogens (primary N) is 1. The van der Waals surface area contributed by atoms with Crippen LogP contribution in [0.15, 0.2) is 83.8 Å². The Labute approximate surface area is 226 Å². The van der Waals surface area contributed by atoms with Crippen LogP contribution in [-0.2, 0) is 13.6 Å². The highest BCUT2D eigenvalue weighted by atomic mass is 19.1. The van der Waals surface area contributed by atoms with Gasteiger partial charge in [0.05, 0.1) is 34.1 Å². The van der Waals surface area contributed by atoms with Crippen molar-refractivity contribution in [2.24, 2.45) is 12.8 Å². The molecule has 0 saturated heterocycles. The minimum absolute atomic E-state index is 0.137. The summed E-state index contributed by atoms with van der Waals surface area (Å²) in [5.41, 5.74) is 8.28. The fraction of sp³-hybridized carbons (Fsp3) is 0.0625. The van der Waals surface area contributed by atoms with E-state index < -0.39 is 5.82 Å². The number of hydrogen-bond donors (Lipinski definition) is 2. The number of aryl methyl sites for hydroxylation is 1. The van der Waals surface area contributed by atoms with Crippen LogP contribution in [0.4, 0.5) is 4.39 Å². The Bertz CT molecular complexity index is 2280. The molecule has 0 aliphatic rings. The van der Waals surface area contributed by atoms with E-state index in [4.69, 9.17) is 5.73 Å². The predicted octanol–water partition coefficient (Wildman–Crippen LogP) is 5.92. The summed E-state index contributed by atoms with van der Waals surface area (Å²) in [6, 6.07) is 25.2. The molecule has 0 atom stereocenters. The van der Waals surface area contributed by atoms with Gasteiger partial charge in [-0.25, -0.2) is 9.49 Å². The van der Waals surface area contributed by atoms with E-state index in [9.17, 15) is 10.1 Å². The van der Waals surface area contributed by atoms with Crippen molar-refractivity contribution in [3.05, 3.63) is 106 Å². The molecule has 0 saturated carbocycles. The number of aromatic nitrogens is 4. The van der Waals surface area contributed by atoms with Crippen molar-refractivity contribution in [1.29, 1.82) is 5.26 Å². The monoisotopic (exact) mass is 524 g/mol. The van der Waals surface area contributed by atoms with Gasteiger partial charge < -0.3 is 5.73 Å². The van der Waals surface area contributed by atoms with Crippen LogP contribution in [-0.4, -0.2) is 20.0 Å². The van der Waals surface area contributed by atoms with Gasteiger partial charge in [-0.3, -0.25) is 9.48 Å². The highest BCUT2D eigenvalue weighted by Gasteiger charge is 2.23. The average molecular weight is 525 g/mol. The van der Waals surface area contributed by atoms with Gasteiger partial charge >= 0.3 is 0 Å². The minimum Gasteiger partial charge on any atom is -0.325 e. The molecule has 0 amide bonds. The Balaban J connectivity index is 1.50. The van der Waals surface area contributed by atoms with E-state index in [1.165, 1.54) is 6.07 Å². The lowest BCUT2D eigenvalue weighted by molar-refractivity contribution is 0.629. The molecular formula is C32H21FN6O. The first-order valence-corrected chi connectivity index (χ1v) is 12.7. The molecule has 192 valence electrons. The molecule has 3 N–H and O–H groups in total. The molecule has 0 radical (unpaired) electrons. The highest BCUT2D eigenvalue weighted by molar-refractivity contribution is 6.08. The largest absolute Gasteiger partial charge is 0.325 e. The van der Waals surface area contributed by atoms with Gasteiger partial charge in [-0.05, 0) is 75.0 Å². The van der Waals surface area contributed by atoms with Crippen molar-refractivity contribution in [1.82, 2.24) is 20.0 Å². The molecule has 0 aliphatic carbocycles. The van der Waals surface area contributed by atoms with Crippen molar-refractivity contribution in [2.75, 3.05) is 0 Å². The third kappa shape index (κ3) is 3.49. The zero-order valence-corrected chi connectivity index (χ0v) is 21.4. The lowest BCUT2D eigenvalue weighted by atomic mass is 9.91. The Morgan fingerprint density at radius 2 is 1.65 bits per heavy atom. The Morgan fingerprint density at radius 1 is 0.925 bits per heavy atom. The third-order valence-corrected chi connectivity index (χ3v) is 7.57. The van der Waals surface area contributed by atoms with Crippen LogP contribution < -0.4 is 11.3 Å². The van der Waals surface area contributed by atoms with E-state index in [0.717, 1.165) is 21.5 Å². The molecule has 7 aromatic rings. The van der Waals surface area contributed by atoms with Crippen LogP contribution in [0.2, 0.25) is 0 Å². The van der Waals surface area contributed by atoms with Crippen LogP contribution in [0.25, 0.3) is 65.5 Å². The standard InChI is InChI=1S/C32H21FN6O/c1-39-31(27(16-36-39)19-6-7-23-25(11-19)29(15-35)37-38-32(23)40)30-26(14-34)24-12-21-9-18-5-3-2-4-17(18)8-20(21)10-22(24)13-28(30)33/h2-13,16H,15,35H2,1H3,(H,38,40). The van der Waals surface area contributed by atoms with Gasteiger partial charge in [0.1, 0.15) is 11.9 Å². The van der Waals surface area contributed by atoms with Gasteiger partial charge in [0.2, 0.25) is 0 Å². The number of nitrogens with one attached hydrogen (secondary N) is 1. The SMILES string of the molecule is Cn1ncc(-c2ccc3c(=O)[nH]nc(CN)c3c2)c1-c1c(F)cc2cc3cc4ccccc4cc3cc2c1C#N. The van der Waals surface area contributed by atoms with E-state index in [-0.39, 0.29) is 23.2 Å². The number of H-pyrrole nitrogens is 1. The van der Waals surface area contributed by atoms with E-state index in [2.05, 4.69) is 33.5 Å². The molecule has 8 heteroatoms. The Kier molecular flexibility index (Phi) is 5.24. The van der Waals surface area contributed by atoms with Gasteiger partial charge in [-0.15, -0.1) is 0 Å². The number of fused-ring (bicyclic) bond motifs is 4. The van der Waals surface area contributed by atoms with E-state index in [0.29, 0.717) is 44.1 Å². The van der Waals surface area contributed by atoms with Crippen LogP contribution in [0.5, 0.6) is 0 Å². The fourth-order valence-electron chi connectivity index (χ4n) is 5.64. The van der Waals surface area contributed by atoms with Gasteiger partial charge in [-0.1, -0.05) is 30.3 Å². The number of aromatic amines is 1. The summed E-state index contributed by atoms with van der Waals surface area (Å²) in [6.07, 6.45) is 1.64. The molecule has 0 spiro atoms.